The predicted molar refractivity (Wildman–Crippen MR) is 149 cm³/mol. The van der Waals surface area contributed by atoms with Crippen molar-refractivity contribution in [3.05, 3.63) is 110 Å². The van der Waals surface area contributed by atoms with Crippen LogP contribution in [0.2, 0.25) is 0 Å². The molecule has 3 aromatic carbocycles. The first kappa shape index (κ1) is 25.9. The van der Waals surface area contributed by atoms with Gasteiger partial charge in [-0.25, -0.2) is 0 Å². The molecule has 0 saturated carbocycles. The fraction of sp³-hybridized carbons (Fsp3) is 0.179. The predicted octanol–water partition coefficient (Wildman–Crippen LogP) is 5.52. The van der Waals surface area contributed by atoms with E-state index >= 15 is 0 Å². The van der Waals surface area contributed by atoms with Crippen LogP contribution in [0.4, 0.5) is 0 Å². The second-order valence-corrected chi connectivity index (χ2v) is 10.4. The van der Waals surface area contributed by atoms with Crippen LogP contribution < -0.4 is 10.6 Å². The quantitative estimate of drug-likeness (QED) is 0.276. The van der Waals surface area contributed by atoms with E-state index in [0.29, 0.717) is 24.4 Å². The van der Waals surface area contributed by atoms with Crippen LogP contribution in [0.15, 0.2) is 87.8 Å². The van der Waals surface area contributed by atoms with Gasteiger partial charge in [0.1, 0.15) is 11.7 Å². The minimum absolute atomic E-state index is 0.264. The summed E-state index contributed by atoms with van der Waals surface area (Å²) in [5.41, 5.74) is 5.04. The first-order chi connectivity index (χ1) is 17.3. The van der Waals surface area contributed by atoms with Crippen LogP contribution in [0, 0.1) is 6.92 Å². The normalized spacial score (nSPS) is 11.7. The van der Waals surface area contributed by atoms with Crippen molar-refractivity contribution in [2.75, 3.05) is 7.05 Å². The number of aryl methyl sites for hydroxylation is 1. The maximum absolute atomic E-state index is 13.6. The lowest BCUT2D eigenvalue weighted by Gasteiger charge is -2.18. The number of nitrogens with zero attached hydrogens (tertiary/aromatic N) is 2. The third kappa shape index (κ3) is 6.50. The van der Waals surface area contributed by atoms with E-state index in [0.717, 1.165) is 31.2 Å². The molecule has 0 fully saturated rings. The summed E-state index contributed by atoms with van der Waals surface area (Å²) in [6, 6.07) is 24.6. The van der Waals surface area contributed by atoms with Crippen LogP contribution >= 0.6 is 31.9 Å². The summed E-state index contributed by atoms with van der Waals surface area (Å²) in [5.74, 6) is -0.625. The second kappa shape index (κ2) is 11.7. The lowest BCUT2D eigenvalue weighted by atomic mass is 10.0. The van der Waals surface area contributed by atoms with Gasteiger partial charge in [0.05, 0.1) is 12.2 Å². The lowest BCUT2D eigenvalue weighted by molar-refractivity contribution is -0.122. The molecule has 0 aliphatic rings. The van der Waals surface area contributed by atoms with Crippen LogP contribution in [-0.2, 0) is 17.8 Å². The first-order valence-electron chi connectivity index (χ1n) is 11.5. The number of carbonyl (C=O) groups excluding carboxylic acids is 2. The number of halogens is 2. The van der Waals surface area contributed by atoms with E-state index in [1.807, 2.05) is 79.7 Å². The lowest BCUT2D eigenvalue weighted by Crippen LogP contribution is -2.47. The standard InChI is InChI=1S/C28H26Br2N4O2/c1-18-6-3-9-21(12-18)24-16-26(34(33-24)17-20-8-5-11-23(30)14-20)28(36)32-25(27(35)31-2)15-19-7-4-10-22(29)13-19/h3-14,16,25H,15,17H2,1-2H3,(H,31,35)(H,32,36). The number of nitrogens with one attached hydrogen (secondary N) is 2. The van der Waals surface area contributed by atoms with Crippen molar-refractivity contribution in [3.8, 4) is 11.3 Å². The number of rotatable bonds is 8. The number of hydrogen-bond acceptors (Lipinski definition) is 3. The zero-order chi connectivity index (χ0) is 25.7. The minimum atomic E-state index is -0.742. The molecule has 36 heavy (non-hydrogen) atoms. The summed E-state index contributed by atoms with van der Waals surface area (Å²) in [6.07, 6.45) is 0.357. The van der Waals surface area contributed by atoms with E-state index in [2.05, 4.69) is 42.5 Å². The van der Waals surface area contributed by atoms with Crippen molar-refractivity contribution in [3.63, 3.8) is 0 Å². The van der Waals surface area contributed by atoms with Crippen molar-refractivity contribution >= 4 is 43.7 Å². The number of amides is 2. The molecule has 1 atom stereocenters. The molecule has 4 rings (SSSR count). The van der Waals surface area contributed by atoms with Crippen LogP contribution in [0.5, 0.6) is 0 Å². The average Bonchev–Trinajstić information content (AvgIpc) is 3.27. The molecule has 0 aliphatic heterocycles. The van der Waals surface area contributed by atoms with E-state index in [9.17, 15) is 9.59 Å². The number of carbonyl (C=O) groups is 2. The number of aromatic nitrogens is 2. The number of likely N-dealkylation sites (N-methyl/N-ethyl adjacent to an activating group) is 1. The molecule has 0 saturated heterocycles. The smallest absolute Gasteiger partial charge is 0.270 e. The summed E-state index contributed by atoms with van der Waals surface area (Å²) in [7, 11) is 1.57. The maximum Gasteiger partial charge on any atom is 0.270 e. The van der Waals surface area contributed by atoms with Crippen LogP contribution in [0.1, 0.15) is 27.2 Å². The summed E-state index contributed by atoms with van der Waals surface area (Å²) in [5, 5.41) is 10.4. The van der Waals surface area contributed by atoms with Gasteiger partial charge in [-0.2, -0.15) is 5.10 Å². The highest BCUT2D eigenvalue weighted by Crippen LogP contribution is 2.22. The highest BCUT2D eigenvalue weighted by Gasteiger charge is 2.24. The summed E-state index contributed by atoms with van der Waals surface area (Å²) in [6.45, 7) is 2.43. The molecule has 1 unspecified atom stereocenters. The fourth-order valence-electron chi connectivity index (χ4n) is 3.99. The zero-order valence-corrected chi connectivity index (χ0v) is 23.1. The topological polar surface area (TPSA) is 76.0 Å². The average molecular weight is 610 g/mol. The Morgan fingerprint density at radius 1 is 0.917 bits per heavy atom. The molecular weight excluding hydrogens is 584 g/mol. The molecule has 2 N–H and O–H groups in total. The molecule has 8 heteroatoms. The molecule has 0 bridgehead atoms. The van der Waals surface area contributed by atoms with E-state index in [1.165, 1.54) is 0 Å². The Labute approximate surface area is 227 Å². The van der Waals surface area contributed by atoms with Crippen LogP contribution in [0.25, 0.3) is 11.3 Å². The Balaban J connectivity index is 1.67. The first-order valence-corrected chi connectivity index (χ1v) is 13.1. The van der Waals surface area contributed by atoms with E-state index in [4.69, 9.17) is 5.10 Å². The van der Waals surface area contributed by atoms with Gasteiger partial charge in [-0.3, -0.25) is 14.3 Å². The Kier molecular flexibility index (Phi) is 8.38. The Bertz CT molecular complexity index is 1400. The molecular formula is C28H26Br2N4O2. The van der Waals surface area contributed by atoms with Crippen molar-refractivity contribution in [1.29, 1.82) is 0 Å². The van der Waals surface area contributed by atoms with Gasteiger partial charge in [0.25, 0.3) is 5.91 Å². The number of hydrogen-bond donors (Lipinski definition) is 2. The molecule has 4 aromatic rings. The van der Waals surface area contributed by atoms with E-state index in [-0.39, 0.29) is 11.8 Å². The van der Waals surface area contributed by atoms with E-state index < -0.39 is 6.04 Å². The maximum atomic E-state index is 13.6. The van der Waals surface area contributed by atoms with Crippen molar-refractivity contribution in [1.82, 2.24) is 20.4 Å². The molecule has 0 aliphatic carbocycles. The van der Waals surface area contributed by atoms with Gasteiger partial charge in [0, 0.05) is 28.0 Å². The largest absolute Gasteiger partial charge is 0.357 e. The molecule has 2 amide bonds. The molecule has 6 nitrogen and oxygen atoms in total. The van der Waals surface area contributed by atoms with Gasteiger partial charge in [0.2, 0.25) is 5.91 Å². The Morgan fingerprint density at radius 3 is 2.25 bits per heavy atom. The van der Waals surface area contributed by atoms with Crippen molar-refractivity contribution in [2.24, 2.45) is 0 Å². The van der Waals surface area contributed by atoms with Gasteiger partial charge in [-0.05, 0) is 54.4 Å². The second-order valence-electron chi connectivity index (χ2n) is 8.55. The minimum Gasteiger partial charge on any atom is -0.357 e. The molecule has 184 valence electrons. The zero-order valence-electron chi connectivity index (χ0n) is 20.0. The number of benzene rings is 3. The van der Waals surface area contributed by atoms with Crippen LogP contribution in [0.3, 0.4) is 0 Å². The summed E-state index contributed by atoms with van der Waals surface area (Å²) < 4.78 is 3.55. The van der Waals surface area contributed by atoms with Gasteiger partial charge in [0.15, 0.2) is 0 Å². The molecule has 1 aromatic heterocycles. The fourth-order valence-corrected chi connectivity index (χ4v) is 4.88. The van der Waals surface area contributed by atoms with Gasteiger partial charge in [-0.15, -0.1) is 0 Å². The molecule has 0 spiro atoms. The van der Waals surface area contributed by atoms with Gasteiger partial charge >= 0.3 is 0 Å². The Morgan fingerprint density at radius 2 is 1.58 bits per heavy atom. The SMILES string of the molecule is CNC(=O)C(Cc1cccc(Br)c1)NC(=O)c1cc(-c2cccc(C)c2)nn1Cc1cccc(Br)c1. The molecule has 1 heterocycles. The Hall–Kier alpha value is -3.23. The summed E-state index contributed by atoms with van der Waals surface area (Å²) >= 11 is 6.98. The van der Waals surface area contributed by atoms with Gasteiger partial charge < -0.3 is 10.6 Å². The summed E-state index contributed by atoms with van der Waals surface area (Å²) in [4.78, 5) is 26.2. The van der Waals surface area contributed by atoms with Crippen molar-refractivity contribution in [2.45, 2.75) is 25.9 Å². The molecule has 0 radical (unpaired) electrons. The highest BCUT2D eigenvalue weighted by atomic mass is 79.9. The van der Waals surface area contributed by atoms with Crippen LogP contribution in [-0.4, -0.2) is 34.7 Å². The third-order valence-electron chi connectivity index (χ3n) is 5.74. The van der Waals surface area contributed by atoms with Gasteiger partial charge in [-0.1, -0.05) is 79.9 Å². The monoisotopic (exact) mass is 608 g/mol. The van der Waals surface area contributed by atoms with Crippen molar-refractivity contribution < 1.29 is 9.59 Å². The van der Waals surface area contributed by atoms with E-state index in [1.54, 1.807) is 17.8 Å². The third-order valence-corrected chi connectivity index (χ3v) is 6.73. The highest BCUT2D eigenvalue weighted by molar-refractivity contribution is 9.10.